The summed E-state index contributed by atoms with van der Waals surface area (Å²) >= 11 is 0. The normalized spacial score (nSPS) is 14.7. The molecule has 8 heteroatoms. The maximum atomic E-state index is 13.2. The van der Waals surface area contributed by atoms with Crippen LogP contribution < -0.4 is 18.9 Å². The van der Waals surface area contributed by atoms with E-state index in [1.54, 1.807) is 24.3 Å². The van der Waals surface area contributed by atoms with E-state index in [0.717, 1.165) is 0 Å². The summed E-state index contributed by atoms with van der Waals surface area (Å²) in [5.74, 6) is 1.34. The maximum absolute atomic E-state index is 13.2. The molecule has 0 heterocycles. The van der Waals surface area contributed by atoms with Crippen LogP contribution in [0.2, 0.25) is 0 Å². The number of hydrogen-bond donors (Lipinski definition) is 0. The number of rotatable bonds is 6. The second kappa shape index (κ2) is 8.86. The molecule has 0 bridgehead atoms. The summed E-state index contributed by atoms with van der Waals surface area (Å²) in [6, 6.07) is 6.57. The van der Waals surface area contributed by atoms with Gasteiger partial charge >= 0.3 is 5.69 Å². The summed E-state index contributed by atoms with van der Waals surface area (Å²) in [6.45, 7) is 0. The van der Waals surface area contributed by atoms with Crippen LogP contribution in [0.25, 0.3) is 6.08 Å². The lowest BCUT2D eigenvalue weighted by molar-refractivity contribution is -0.386. The zero-order valence-corrected chi connectivity index (χ0v) is 17.3. The number of carbonyl (C=O) groups is 1. The Bertz CT molecular complexity index is 1000. The van der Waals surface area contributed by atoms with E-state index in [4.69, 9.17) is 18.9 Å². The smallest absolute Gasteiger partial charge is 0.314 e. The van der Waals surface area contributed by atoms with Crippen molar-refractivity contribution in [1.29, 1.82) is 0 Å². The molecule has 30 heavy (non-hydrogen) atoms. The van der Waals surface area contributed by atoms with Crippen LogP contribution in [0.3, 0.4) is 0 Å². The first-order valence-electron chi connectivity index (χ1n) is 9.34. The minimum atomic E-state index is -0.487. The molecule has 0 unspecified atom stereocenters. The van der Waals surface area contributed by atoms with Crippen LogP contribution >= 0.6 is 0 Å². The first-order chi connectivity index (χ1) is 14.4. The van der Waals surface area contributed by atoms with Gasteiger partial charge < -0.3 is 18.9 Å². The summed E-state index contributed by atoms with van der Waals surface area (Å²) in [5, 5.41) is 11.6. The Kier molecular flexibility index (Phi) is 6.25. The van der Waals surface area contributed by atoms with E-state index in [0.29, 0.717) is 58.8 Å². The van der Waals surface area contributed by atoms with Crippen molar-refractivity contribution in [3.05, 3.63) is 56.6 Å². The van der Waals surface area contributed by atoms with E-state index in [-0.39, 0.29) is 17.2 Å². The lowest BCUT2D eigenvalue weighted by Crippen LogP contribution is -2.07. The van der Waals surface area contributed by atoms with Crippen LogP contribution in [0.1, 0.15) is 34.3 Å². The van der Waals surface area contributed by atoms with Crippen LogP contribution in [0.5, 0.6) is 23.0 Å². The maximum Gasteiger partial charge on any atom is 0.314 e. The van der Waals surface area contributed by atoms with Gasteiger partial charge in [0.05, 0.1) is 33.4 Å². The van der Waals surface area contributed by atoms with Gasteiger partial charge in [-0.1, -0.05) is 0 Å². The average molecular weight is 413 g/mol. The van der Waals surface area contributed by atoms with E-state index >= 15 is 0 Å². The third-order valence-corrected chi connectivity index (χ3v) is 5.09. The third kappa shape index (κ3) is 3.80. The van der Waals surface area contributed by atoms with Gasteiger partial charge in [0.2, 0.25) is 5.75 Å². The molecular weight excluding hydrogens is 390 g/mol. The SMILES string of the molecule is COc1cc(/C=C2\CCCc3c(ccc(OC)c3[N+](=O)[O-])C2=O)cc(OC)c1OC. The average Bonchev–Trinajstić information content (AvgIpc) is 2.90. The molecule has 0 N–H and O–H groups in total. The second-order valence-electron chi connectivity index (χ2n) is 6.71. The Morgan fingerprint density at radius 2 is 1.57 bits per heavy atom. The van der Waals surface area contributed by atoms with Crippen molar-refractivity contribution in [3.8, 4) is 23.0 Å². The lowest BCUT2D eigenvalue weighted by atomic mass is 9.97. The minimum absolute atomic E-state index is 0.141. The number of nitro groups is 1. The van der Waals surface area contributed by atoms with E-state index in [9.17, 15) is 14.9 Å². The first kappa shape index (κ1) is 21.2. The highest BCUT2D eigenvalue weighted by Crippen LogP contribution is 2.40. The summed E-state index contributed by atoms with van der Waals surface area (Å²) in [7, 11) is 5.94. The van der Waals surface area contributed by atoms with E-state index in [1.807, 2.05) is 0 Å². The minimum Gasteiger partial charge on any atom is -0.493 e. The van der Waals surface area contributed by atoms with E-state index in [1.165, 1.54) is 34.5 Å². The standard InChI is InChI=1S/C22H23NO7/c1-27-17-9-8-16-15(20(17)23(25)26)7-5-6-14(21(16)24)10-13-11-18(28-2)22(30-4)19(12-13)29-3/h8-12H,5-7H2,1-4H3/b14-10+. The van der Waals surface area contributed by atoms with Gasteiger partial charge in [-0.15, -0.1) is 0 Å². The Balaban J connectivity index is 2.10. The zero-order valence-electron chi connectivity index (χ0n) is 17.3. The molecule has 0 saturated heterocycles. The quantitative estimate of drug-likeness (QED) is 0.302. The van der Waals surface area contributed by atoms with Crippen LogP contribution in [0.4, 0.5) is 5.69 Å². The predicted molar refractivity (Wildman–Crippen MR) is 111 cm³/mol. The molecule has 0 atom stereocenters. The number of nitro benzene ring substituents is 1. The largest absolute Gasteiger partial charge is 0.493 e. The van der Waals surface area contributed by atoms with Gasteiger partial charge in [-0.05, 0) is 55.2 Å². The molecule has 0 spiro atoms. The van der Waals surface area contributed by atoms with Gasteiger partial charge in [0.15, 0.2) is 23.0 Å². The van der Waals surface area contributed by atoms with Gasteiger partial charge in [-0.25, -0.2) is 0 Å². The predicted octanol–water partition coefficient (Wildman–Crippen LogP) is 4.23. The number of methoxy groups -OCH3 is 4. The number of Topliss-reactive ketones (excluding diaryl/α,β-unsaturated/α-hetero) is 1. The van der Waals surface area contributed by atoms with Gasteiger partial charge in [0, 0.05) is 16.7 Å². The highest BCUT2D eigenvalue weighted by Gasteiger charge is 2.30. The van der Waals surface area contributed by atoms with Crippen LogP contribution in [-0.2, 0) is 6.42 Å². The van der Waals surface area contributed by atoms with Gasteiger partial charge in [0.25, 0.3) is 0 Å². The molecule has 0 fully saturated rings. The number of ketones is 1. The number of ether oxygens (including phenoxy) is 4. The lowest BCUT2D eigenvalue weighted by Gasteiger charge is -2.13. The molecule has 0 aromatic heterocycles. The van der Waals surface area contributed by atoms with Crippen molar-refractivity contribution in [2.75, 3.05) is 28.4 Å². The number of fused-ring (bicyclic) bond motifs is 1. The molecule has 0 amide bonds. The van der Waals surface area contributed by atoms with Crippen molar-refractivity contribution in [2.24, 2.45) is 0 Å². The molecular formula is C22H23NO7. The molecule has 158 valence electrons. The fourth-order valence-corrected chi connectivity index (χ4v) is 3.71. The van der Waals surface area contributed by atoms with Gasteiger partial charge in [-0.3, -0.25) is 14.9 Å². The summed E-state index contributed by atoms with van der Waals surface area (Å²) in [5.41, 5.74) is 1.87. The van der Waals surface area contributed by atoms with Crippen molar-refractivity contribution in [2.45, 2.75) is 19.3 Å². The van der Waals surface area contributed by atoms with E-state index < -0.39 is 4.92 Å². The Labute approximate surface area is 174 Å². The van der Waals surface area contributed by atoms with Crippen LogP contribution in [0, 0.1) is 10.1 Å². The Morgan fingerprint density at radius 3 is 2.10 bits per heavy atom. The topological polar surface area (TPSA) is 97.1 Å². The van der Waals surface area contributed by atoms with Gasteiger partial charge in [0.1, 0.15) is 0 Å². The molecule has 2 aromatic rings. The molecule has 0 radical (unpaired) electrons. The Hall–Kier alpha value is -3.55. The molecule has 2 aromatic carbocycles. The summed E-state index contributed by atoms with van der Waals surface area (Å²) < 4.78 is 21.2. The monoisotopic (exact) mass is 413 g/mol. The van der Waals surface area contributed by atoms with Gasteiger partial charge in [-0.2, -0.15) is 0 Å². The van der Waals surface area contributed by atoms with Crippen molar-refractivity contribution in [1.82, 2.24) is 0 Å². The molecule has 8 nitrogen and oxygen atoms in total. The number of hydrogen-bond acceptors (Lipinski definition) is 7. The van der Waals surface area contributed by atoms with Crippen molar-refractivity contribution < 1.29 is 28.7 Å². The molecule has 0 saturated carbocycles. The second-order valence-corrected chi connectivity index (χ2v) is 6.71. The highest BCUT2D eigenvalue weighted by molar-refractivity contribution is 6.13. The summed E-state index contributed by atoms with van der Waals surface area (Å²) in [6.07, 6.45) is 3.27. The highest BCUT2D eigenvalue weighted by atomic mass is 16.6. The number of carbonyl (C=O) groups excluding carboxylic acids is 1. The fraction of sp³-hybridized carbons (Fsp3) is 0.318. The number of nitrogens with zero attached hydrogens (tertiary/aromatic N) is 1. The van der Waals surface area contributed by atoms with Crippen molar-refractivity contribution in [3.63, 3.8) is 0 Å². The number of allylic oxidation sites excluding steroid dienone is 1. The Morgan fingerprint density at radius 1 is 0.933 bits per heavy atom. The van der Waals surface area contributed by atoms with Crippen LogP contribution in [-0.4, -0.2) is 39.1 Å². The summed E-state index contributed by atoms with van der Waals surface area (Å²) in [4.78, 5) is 24.3. The first-order valence-corrected chi connectivity index (χ1v) is 9.34. The van der Waals surface area contributed by atoms with Crippen molar-refractivity contribution >= 4 is 17.5 Å². The van der Waals surface area contributed by atoms with E-state index in [2.05, 4.69) is 0 Å². The number of benzene rings is 2. The molecule has 3 rings (SSSR count). The fourth-order valence-electron chi connectivity index (χ4n) is 3.71. The molecule has 1 aliphatic carbocycles. The van der Waals surface area contributed by atoms with Crippen LogP contribution in [0.15, 0.2) is 29.8 Å². The molecule has 1 aliphatic rings. The third-order valence-electron chi connectivity index (χ3n) is 5.09. The molecule has 0 aliphatic heterocycles. The zero-order chi connectivity index (χ0) is 21.8.